The predicted octanol–water partition coefficient (Wildman–Crippen LogP) is 1.75. The normalized spacial score (nSPS) is 25.3. The Balaban J connectivity index is 2.00. The highest BCUT2D eigenvalue weighted by Crippen LogP contribution is 2.35. The number of hydrogen-bond donors (Lipinski definition) is 1. The molecule has 0 bridgehead atoms. The molecule has 0 amide bonds. The maximum Gasteiger partial charge on any atom is 0.215 e. The van der Waals surface area contributed by atoms with Crippen LogP contribution in [0.2, 0.25) is 0 Å². The molecule has 1 aromatic heterocycles. The van der Waals surface area contributed by atoms with E-state index in [1.165, 1.54) is 0 Å². The Bertz CT molecular complexity index is 452. The van der Waals surface area contributed by atoms with Crippen molar-refractivity contribution >= 4 is 11.5 Å². The molecule has 1 fully saturated rings. The van der Waals surface area contributed by atoms with Gasteiger partial charge in [0.05, 0.1) is 32.1 Å². The summed E-state index contributed by atoms with van der Waals surface area (Å²) in [6.45, 7) is 5.78. The molecule has 2 unspecified atom stereocenters. The molecule has 2 aliphatic heterocycles. The van der Waals surface area contributed by atoms with Crippen LogP contribution in [-0.4, -0.2) is 44.4 Å². The maximum atomic E-state index is 5.65. The molecule has 3 heterocycles. The molecule has 0 spiro atoms. The van der Waals surface area contributed by atoms with Crippen LogP contribution in [0.1, 0.15) is 13.3 Å². The average molecular weight is 263 g/mol. The molecule has 1 saturated heterocycles. The zero-order chi connectivity index (χ0) is 13.2. The molecule has 1 aromatic rings. The Morgan fingerprint density at radius 3 is 3.16 bits per heavy atom. The van der Waals surface area contributed by atoms with Crippen molar-refractivity contribution in [3.05, 3.63) is 12.1 Å². The van der Waals surface area contributed by atoms with Gasteiger partial charge in [-0.3, -0.25) is 0 Å². The van der Waals surface area contributed by atoms with Gasteiger partial charge in [0, 0.05) is 25.1 Å². The first-order valence-electron chi connectivity index (χ1n) is 6.96. The van der Waals surface area contributed by atoms with E-state index in [9.17, 15) is 0 Å². The minimum atomic E-state index is 0.424. The summed E-state index contributed by atoms with van der Waals surface area (Å²) in [5.74, 6) is 2.20. The fourth-order valence-corrected chi connectivity index (χ4v) is 2.94. The van der Waals surface area contributed by atoms with Crippen LogP contribution in [0.5, 0.6) is 5.88 Å². The molecule has 2 aliphatic rings. The third-order valence-electron chi connectivity index (χ3n) is 3.91. The molecule has 3 rings (SSSR count). The van der Waals surface area contributed by atoms with Gasteiger partial charge in [-0.1, -0.05) is 6.92 Å². The van der Waals surface area contributed by atoms with Crippen LogP contribution in [-0.2, 0) is 4.74 Å². The Kier molecular flexibility index (Phi) is 3.46. The van der Waals surface area contributed by atoms with E-state index >= 15 is 0 Å². The molecule has 2 atom stereocenters. The second-order valence-electron chi connectivity index (χ2n) is 5.16. The molecular weight excluding hydrogens is 242 g/mol. The molecule has 5 nitrogen and oxygen atoms in total. The second-order valence-corrected chi connectivity index (χ2v) is 5.16. The number of methoxy groups -OCH3 is 1. The van der Waals surface area contributed by atoms with Crippen LogP contribution in [0.25, 0.3) is 0 Å². The second kappa shape index (κ2) is 5.25. The van der Waals surface area contributed by atoms with Crippen molar-refractivity contribution in [1.82, 2.24) is 4.98 Å². The first-order chi connectivity index (χ1) is 9.33. The van der Waals surface area contributed by atoms with Crippen LogP contribution in [0.4, 0.5) is 11.5 Å². The quantitative estimate of drug-likeness (QED) is 0.900. The van der Waals surface area contributed by atoms with Crippen LogP contribution >= 0.6 is 0 Å². The first kappa shape index (κ1) is 12.5. The minimum absolute atomic E-state index is 0.424. The van der Waals surface area contributed by atoms with E-state index in [0.717, 1.165) is 44.2 Å². The van der Waals surface area contributed by atoms with Gasteiger partial charge < -0.3 is 19.7 Å². The summed E-state index contributed by atoms with van der Waals surface area (Å²) in [5.41, 5.74) is 1.10. The average Bonchev–Trinajstić information content (AvgIpc) is 2.85. The van der Waals surface area contributed by atoms with Crippen molar-refractivity contribution in [3.8, 4) is 5.88 Å². The van der Waals surface area contributed by atoms with E-state index in [-0.39, 0.29) is 0 Å². The molecule has 104 valence electrons. The van der Waals surface area contributed by atoms with E-state index in [0.29, 0.717) is 17.8 Å². The summed E-state index contributed by atoms with van der Waals surface area (Å²) in [5, 5.41) is 3.50. The van der Waals surface area contributed by atoms with E-state index in [4.69, 9.17) is 9.47 Å². The third kappa shape index (κ3) is 2.23. The molecule has 0 radical (unpaired) electrons. The van der Waals surface area contributed by atoms with Crippen LogP contribution < -0.4 is 15.0 Å². The van der Waals surface area contributed by atoms with Gasteiger partial charge in [-0.05, 0) is 12.5 Å². The monoisotopic (exact) mass is 263 g/mol. The van der Waals surface area contributed by atoms with Gasteiger partial charge in [0.1, 0.15) is 0 Å². The Labute approximate surface area is 113 Å². The highest BCUT2D eigenvalue weighted by molar-refractivity contribution is 5.68. The minimum Gasteiger partial charge on any atom is -0.481 e. The summed E-state index contributed by atoms with van der Waals surface area (Å²) < 4.78 is 10.9. The molecule has 0 saturated carbocycles. The lowest BCUT2D eigenvalue weighted by molar-refractivity contribution is 0.185. The lowest BCUT2D eigenvalue weighted by Gasteiger charge is -2.30. The van der Waals surface area contributed by atoms with E-state index in [1.807, 2.05) is 6.07 Å². The molecule has 5 heteroatoms. The van der Waals surface area contributed by atoms with Gasteiger partial charge in [-0.15, -0.1) is 0 Å². The Morgan fingerprint density at radius 2 is 2.37 bits per heavy atom. The van der Waals surface area contributed by atoms with Crippen LogP contribution in [0.3, 0.4) is 0 Å². The number of nitrogens with zero attached hydrogens (tertiary/aromatic N) is 2. The van der Waals surface area contributed by atoms with Crippen molar-refractivity contribution in [2.45, 2.75) is 19.4 Å². The summed E-state index contributed by atoms with van der Waals surface area (Å²) in [6.07, 6.45) is 1.10. The number of ether oxygens (including phenoxy) is 2. The fraction of sp³-hybridized carbons (Fsp3) is 0.643. The number of nitrogens with one attached hydrogen (secondary N) is 1. The van der Waals surface area contributed by atoms with Gasteiger partial charge >= 0.3 is 0 Å². The SMILES string of the molecule is CCCN1c2nc(OC)ccc2NCC2COCC21. The number of hydrogen-bond acceptors (Lipinski definition) is 5. The zero-order valence-electron chi connectivity index (χ0n) is 11.6. The van der Waals surface area contributed by atoms with Crippen molar-refractivity contribution in [3.63, 3.8) is 0 Å². The highest BCUT2D eigenvalue weighted by atomic mass is 16.5. The van der Waals surface area contributed by atoms with Crippen molar-refractivity contribution in [2.75, 3.05) is 43.6 Å². The maximum absolute atomic E-state index is 5.65. The van der Waals surface area contributed by atoms with Crippen molar-refractivity contribution in [1.29, 1.82) is 0 Å². The van der Waals surface area contributed by atoms with Gasteiger partial charge in [-0.25, -0.2) is 0 Å². The van der Waals surface area contributed by atoms with Crippen LogP contribution in [0, 0.1) is 5.92 Å². The van der Waals surface area contributed by atoms with Gasteiger partial charge in [-0.2, -0.15) is 4.98 Å². The Hall–Kier alpha value is -1.49. The van der Waals surface area contributed by atoms with Gasteiger partial charge in [0.2, 0.25) is 5.88 Å². The zero-order valence-corrected chi connectivity index (χ0v) is 11.6. The fourth-order valence-electron chi connectivity index (χ4n) is 2.94. The predicted molar refractivity (Wildman–Crippen MR) is 75.0 cm³/mol. The van der Waals surface area contributed by atoms with Gasteiger partial charge in [0.25, 0.3) is 0 Å². The number of aromatic nitrogens is 1. The molecule has 1 N–H and O–H groups in total. The van der Waals surface area contributed by atoms with Crippen molar-refractivity contribution < 1.29 is 9.47 Å². The summed E-state index contributed by atoms with van der Waals surface area (Å²) in [7, 11) is 1.66. The number of anilines is 2. The molecule has 19 heavy (non-hydrogen) atoms. The number of rotatable bonds is 3. The summed E-state index contributed by atoms with van der Waals surface area (Å²) in [4.78, 5) is 7.02. The topological polar surface area (TPSA) is 46.6 Å². The first-order valence-corrected chi connectivity index (χ1v) is 6.96. The highest BCUT2D eigenvalue weighted by Gasteiger charge is 2.36. The Morgan fingerprint density at radius 1 is 1.47 bits per heavy atom. The van der Waals surface area contributed by atoms with Crippen molar-refractivity contribution in [2.24, 2.45) is 5.92 Å². The molecular formula is C14H21N3O2. The summed E-state index contributed by atoms with van der Waals surface area (Å²) >= 11 is 0. The standard InChI is InChI=1S/C14H21N3O2/c1-3-6-17-12-9-19-8-10(12)7-15-11-4-5-13(18-2)16-14(11)17/h4-5,10,12,15H,3,6-9H2,1-2H3. The van der Waals surface area contributed by atoms with E-state index in [1.54, 1.807) is 7.11 Å². The van der Waals surface area contributed by atoms with E-state index < -0.39 is 0 Å². The lowest BCUT2D eigenvalue weighted by atomic mass is 10.0. The molecule has 0 aromatic carbocycles. The molecule has 0 aliphatic carbocycles. The number of pyridine rings is 1. The van der Waals surface area contributed by atoms with Gasteiger partial charge in [0.15, 0.2) is 5.82 Å². The third-order valence-corrected chi connectivity index (χ3v) is 3.91. The smallest absolute Gasteiger partial charge is 0.215 e. The largest absolute Gasteiger partial charge is 0.481 e. The summed E-state index contributed by atoms with van der Waals surface area (Å²) in [6, 6.07) is 4.40. The van der Waals surface area contributed by atoms with Crippen LogP contribution in [0.15, 0.2) is 12.1 Å². The van der Waals surface area contributed by atoms with E-state index in [2.05, 4.69) is 28.2 Å². The lowest BCUT2D eigenvalue weighted by Crippen LogP contribution is -2.41. The number of fused-ring (bicyclic) bond motifs is 2.